The predicted molar refractivity (Wildman–Crippen MR) is 88.9 cm³/mol. The first kappa shape index (κ1) is 18.3. The molecule has 2 rings (SSSR count). The van der Waals surface area contributed by atoms with Gasteiger partial charge in [-0.05, 0) is 26.0 Å². The monoisotopic (exact) mass is 369 g/mol. The SMILES string of the molecule is CC(C)(N)CNC(=O)c1cc2cc(S(N)(=O)=O)sc2s1.Cl. The quantitative estimate of drug-likeness (QED) is 0.757. The molecule has 0 saturated heterocycles. The van der Waals surface area contributed by atoms with Gasteiger partial charge in [-0.15, -0.1) is 35.1 Å². The van der Waals surface area contributed by atoms with E-state index in [0.29, 0.717) is 16.8 Å². The van der Waals surface area contributed by atoms with Gasteiger partial charge in [0, 0.05) is 17.5 Å². The van der Waals surface area contributed by atoms with Gasteiger partial charge in [0.1, 0.15) is 4.21 Å². The van der Waals surface area contributed by atoms with E-state index >= 15 is 0 Å². The van der Waals surface area contributed by atoms with Crippen LogP contribution in [0.5, 0.6) is 0 Å². The highest BCUT2D eigenvalue weighted by Crippen LogP contribution is 2.35. The maximum absolute atomic E-state index is 11.9. The zero-order valence-electron chi connectivity index (χ0n) is 11.4. The molecular weight excluding hydrogens is 354 g/mol. The van der Waals surface area contributed by atoms with Crippen molar-refractivity contribution in [3.8, 4) is 0 Å². The third kappa shape index (κ3) is 4.63. The smallest absolute Gasteiger partial charge is 0.261 e. The second kappa shape index (κ2) is 6.19. The Kier molecular flexibility index (Phi) is 5.40. The highest BCUT2D eigenvalue weighted by molar-refractivity contribution is 7.91. The summed E-state index contributed by atoms with van der Waals surface area (Å²) in [6, 6.07) is 3.14. The Morgan fingerprint density at radius 1 is 1.33 bits per heavy atom. The molecule has 118 valence electrons. The maximum atomic E-state index is 11.9. The molecular formula is C11H16ClN3O3S3. The topological polar surface area (TPSA) is 115 Å². The second-order valence-corrected chi connectivity index (χ2v) is 9.29. The van der Waals surface area contributed by atoms with Crippen LogP contribution in [0.4, 0.5) is 0 Å². The molecule has 1 amide bonds. The van der Waals surface area contributed by atoms with Crippen molar-refractivity contribution in [2.24, 2.45) is 10.9 Å². The summed E-state index contributed by atoms with van der Waals surface area (Å²) in [6.07, 6.45) is 0. The Bertz CT molecular complexity index is 727. The van der Waals surface area contributed by atoms with Gasteiger partial charge in [0.25, 0.3) is 5.91 Å². The largest absolute Gasteiger partial charge is 0.350 e. The van der Waals surface area contributed by atoms with E-state index < -0.39 is 15.6 Å². The van der Waals surface area contributed by atoms with E-state index in [9.17, 15) is 13.2 Å². The van der Waals surface area contributed by atoms with Crippen LogP contribution in [0, 0.1) is 0 Å². The second-order valence-electron chi connectivity index (χ2n) is 5.14. The van der Waals surface area contributed by atoms with Gasteiger partial charge in [0.05, 0.1) is 8.89 Å². The summed E-state index contributed by atoms with van der Waals surface area (Å²) in [7, 11) is -3.69. The third-order valence-electron chi connectivity index (χ3n) is 2.40. The number of nitrogens with one attached hydrogen (secondary N) is 1. The lowest BCUT2D eigenvalue weighted by Crippen LogP contribution is -2.44. The summed E-state index contributed by atoms with van der Waals surface area (Å²) in [4.78, 5) is 12.5. The molecule has 0 fully saturated rings. The fraction of sp³-hybridized carbons (Fsp3) is 0.364. The molecule has 5 N–H and O–H groups in total. The molecule has 2 heterocycles. The molecule has 2 aromatic heterocycles. The molecule has 0 aliphatic rings. The molecule has 0 spiro atoms. The Morgan fingerprint density at radius 3 is 2.43 bits per heavy atom. The third-order valence-corrected chi connectivity index (χ3v) is 6.21. The van der Waals surface area contributed by atoms with Crippen LogP contribution in [0.15, 0.2) is 16.3 Å². The summed E-state index contributed by atoms with van der Waals surface area (Å²) in [5, 5.41) is 8.52. The first-order valence-electron chi connectivity index (χ1n) is 5.69. The van der Waals surface area contributed by atoms with E-state index in [1.807, 2.05) is 13.8 Å². The average Bonchev–Trinajstić information content (AvgIpc) is 2.80. The number of carbonyl (C=O) groups excluding carboxylic acids is 1. The van der Waals surface area contributed by atoms with Gasteiger partial charge >= 0.3 is 0 Å². The minimum Gasteiger partial charge on any atom is -0.350 e. The van der Waals surface area contributed by atoms with E-state index in [0.717, 1.165) is 15.4 Å². The molecule has 6 nitrogen and oxygen atoms in total. The fourth-order valence-corrected chi connectivity index (χ4v) is 4.72. The maximum Gasteiger partial charge on any atom is 0.261 e. The molecule has 0 unspecified atom stereocenters. The van der Waals surface area contributed by atoms with Crippen molar-refractivity contribution in [1.29, 1.82) is 0 Å². The summed E-state index contributed by atoms with van der Waals surface area (Å²) in [5.41, 5.74) is 5.31. The van der Waals surface area contributed by atoms with Crippen molar-refractivity contribution in [1.82, 2.24) is 5.32 Å². The average molecular weight is 370 g/mol. The van der Waals surface area contributed by atoms with Gasteiger partial charge in [0.2, 0.25) is 10.0 Å². The molecule has 10 heteroatoms. The zero-order chi connectivity index (χ0) is 15.1. The molecule has 0 radical (unpaired) electrons. The summed E-state index contributed by atoms with van der Waals surface area (Å²) in [6.45, 7) is 4.00. The molecule has 0 atom stereocenters. The molecule has 2 aromatic rings. The van der Waals surface area contributed by atoms with Gasteiger partial charge in [-0.25, -0.2) is 13.6 Å². The van der Waals surface area contributed by atoms with Crippen molar-refractivity contribution >= 4 is 60.4 Å². The van der Waals surface area contributed by atoms with E-state index in [1.54, 1.807) is 6.07 Å². The predicted octanol–water partition coefficient (Wildman–Crippen LogP) is 1.50. The van der Waals surface area contributed by atoms with Gasteiger partial charge in [0.15, 0.2) is 0 Å². The van der Waals surface area contributed by atoms with Gasteiger partial charge in [-0.3, -0.25) is 4.79 Å². The minimum atomic E-state index is -3.69. The van der Waals surface area contributed by atoms with Crippen LogP contribution in [0.2, 0.25) is 0 Å². The van der Waals surface area contributed by atoms with E-state index in [2.05, 4.69) is 5.32 Å². The van der Waals surface area contributed by atoms with Crippen LogP contribution in [-0.4, -0.2) is 26.4 Å². The van der Waals surface area contributed by atoms with Crippen molar-refractivity contribution in [2.75, 3.05) is 6.54 Å². The number of thiophene rings is 2. The number of carbonyl (C=O) groups is 1. The van der Waals surface area contributed by atoms with Crippen molar-refractivity contribution in [3.05, 3.63) is 17.0 Å². The summed E-state index contributed by atoms with van der Waals surface area (Å²) >= 11 is 2.31. The number of primary sulfonamides is 1. The molecule has 0 aliphatic heterocycles. The molecule has 0 bridgehead atoms. The van der Waals surface area contributed by atoms with Crippen LogP contribution in [0.25, 0.3) is 9.40 Å². The summed E-state index contributed by atoms with van der Waals surface area (Å²) < 4.78 is 23.3. The van der Waals surface area contributed by atoms with Gasteiger partial charge < -0.3 is 11.1 Å². The Hall–Kier alpha value is -0.710. The highest BCUT2D eigenvalue weighted by atomic mass is 35.5. The first-order chi connectivity index (χ1) is 9.06. The zero-order valence-corrected chi connectivity index (χ0v) is 14.6. The van der Waals surface area contributed by atoms with E-state index in [4.69, 9.17) is 10.9 Å². The molecule has 0 aliphatic carbocycles. The van der Waals surface area contributed by atoms with Crippen LogP contribution in [0.1, 0.15) is 23.5 Å². The number of hydrogen-bond acceptors (Lipinski definition) is 6. The highest BCUT2D eigenvalue weighted by Gasteiger charge is 2.18. The summed E-state index contributed by atoms with van der Waals surface area (Å²) in [5.74, 6) is -0.214. The number of fused-ring (bicyclic) bond motifs is 1. The van der Waals surface area contributed by atoms with Gasteiger partial charge in [-0.2, -0.15) is 0 Å². The first-order valence-corrected chi connectivity index (χ1v) is 8.87. The molecule has 0 saturated carbocycles. The van der Waals surface area contributed by atoms with Crippen LogP contribution in [0.3, 0.4) is 0 Å². The van der Waals surface area contributed by atoms with E-state index in [1.165, 1.54) is 17.4 Å². The fourth-order valence-electron chi connectivity index (χ4n) is 1.46. The van der Waals surface area contributed by atoms with Crippen molar-refractivity contribution in [2.45, 2.75) is 23.6 Å². The Morgan fingerprint density at radius 2 is 1.95 bits per heavy atom. The lowest BCUT2D eigenvalue weighted by Gasteiger charge is -2.18. The lowest BCUT2D eigenvalue weighted by molar-refractivity contribution is 0.0950. The number of nitrogens with two attached hydrogens (primary N) is 2. The minimum absolute atomic E-state index is 0. The Labute approximate surface area is 137 Å². The normalized spacial score (nSPS) is 12.2. The number of amides is 1. The van der Waals surface area contributed by atoms with Gasteiger partial charge in [-0.1, -0.05) is 0 Å². The van der Waals surface area contributed by atoms with E-state index in [-0.39, 0.29) is 22.5 Å². The molecule has 0 aromatic carbocycles. The number of sulfonamides is 1. The number of halogens is 1. The standard InChI is InChI=1S/C11H15N3O3S3.ClH/c1-11(2,12)5-14-9(15)7-3-6-4-8(20(13,16)17)19-10(6)18-7;/h3-4H,5,12H2,1-2H3,(H,14,15)(H2,13,16,17);1H. The van der Waals surface area contributed by atoms with Crippen LogP contribution in [-0.2, 0) is 10.0 Å². The number of rotatable bonds is 4. The van der Waals surface area contributed by atoms with Crippen LogP contribution < -0.4 is 16.2 Å². The van der Waals surface area contributed by atoms with Crippen molar-refractivity contribution in [3.63, 3.8) is 0 Å². The van der Waals surface area contributed by atoms with Crippen molar-refractivity contribution < 1.29 is 13.2 Å². The lowest BCUT2D eigenvalue weighted by atomic mass is 10.1. The molecule has 21 heavy (non-hydrogen) atoms. The number of hydrogen-bond donors (Lipinski definition) is 3. The van der Waals surface area contributed by atoms with Crippen LogP contribution >= 0.6 is 35.1 Å². The Balaban J connectivity index is 0.00000220.